The number of carbonyl (C=O) groups is 1. The number of aromatic nitrogens is 3. The molecule has 2 N–H and O–H groups in total. The fraction of sp³-hybridized carbons (Fsp3) is 0.0968. The number of rotatable bonds is 9. The van der Waals surface area contributed by atoms with Crippen LogP contribution in [0, 0.1) is 5.82 Å². The number of pyridine rings is 1. The van der Waals surface area contributed by atoms with Crippen LogP contribution in [0.1, 0.15) is 22.8 Å². The number of hydrogen-bond acceptors (Lipinski definition) is 7. The second-order valence-corrected chi connectivity index (χ2v) is 9.14. The number of alkyl halides is 3. The van der Waals surface area contributed by atoms with Gasteiger partial charge < -0.3 is 20.1 Å². The summed E-state index contributed by atoms with van der Waals surface area (Å²) in [6, 6.07) is 18.9. The molecular weight excluding hydrogens is 582 g/mol. The van der Waals surface area contributed by atoms with E-state index in [9.17, 15) is 27.2 Å². The molecule has 3 aromatic carbocycles. The zero-order chi connectivity index (χ0) is 31.3. The van der Waals surface area contributed by atoms with Crippen LogP contribution in [-0.2, 0) is 6.18 Å². The van der Waals surface area contributed by atoms with Crippen molar-refractivity contribution in [3.8, 4) is 23.1 Å². The van der Waals surface area contributed by atoms with E-state index >= 15 is 0 Å². The number of carbonyl (C=O) groups excluding carboxylic acids is 1. The van der Waals surface area contributed by atoms with E-state index in [4.69, 9.17) is 9.47 Å². The average Bonchev–Trinajstić information content (AvgIpc) is 2.99. The number of benzene rings is 3. The van der Waals surface area contributed by atoms with E-state index in [0.717, 1.165) is 12.1 Å². The van der Waals surface area contributed by atoms with E-state index in [1.165, 1.54) is 65.5 Å². The molecule has 224 valence electrons. The van der Waals surface area contributed by atoms with Crippen molar-refractivity contribution in [2.24, 2.45) is 0 Å². The predicted molar refractivity (Wildman–Crippen MR) is 154 cm³/mol. The summed E-state index contributed by atoms with van der Waals surface area (Å²) < 4.78 is 64.3. The summed E-state index contributed by atoms with van der Waals surface area (Å²) in [5, 5.41) is 5.49. The van der Waals surface area contributed by atoms with Crippen molar-refractivity contribution in [3.05, 3.63) is 125 Å². The molecule has 0 aliphatic rings. The van der Waals surface area contributed by atoms with Gasteiger partial charge in [0.05, 0.1) is 12.2 Å². The maximum atomic E-state index is 13.4. The van der Waals surface area contributed by atoms with Crippen LogP contribution in [0.5, 0.6) is 17.4 Å². The van der Waals surface area contributed by atoms with Gasteiger partial charge in [-0.25, -0.2) is 9.37 Å². The third-order valence-corrected chi connectivity index (χ3v) is 6.12. The molecule has 44 heavy (non-hydrogen) atoms. The van der Waals surface area contributed by atoms with Crippen LogP contribution in [0.25, 0.3) is 5.69 Å². The van der Waals surface area contributed by atoms with E-state index in [-0.39, 0.29) is 29.7 Å². The highest BCUT2D eigenvalue weighted by Gasteiger charge is 2.30. The summed E-state index contributed by atoms with van der Waals surface area (Å²) in [4.78, 5) is 34.8. The second kappa shape index (κ2) is 12.7. The third-order valence-electron chi connectivity index (χ3n) is 6.12. The minimum Gasteiger partial charge on any atom is -0.493 e. The van der Waals surface area contributed by atoms with Gasteiger partial charge in [0.1, 0.15) is 22.9 Å². The molecule has 0 unspecified atom stereocenters. The van der Waals surface area contributed by atoms with Gasteiger partial charge in [-0.2, -0.15) is 18.2 Å². The molecule has 5 aromatic rings. The standard InChI is InChI=1S/C31H23F4N5O4/c1-2-43-25-16-18-40(23-11-5-20(32)6-12-23)29(42)27(25)28(41)37-21-9-13-24(14-10-21)44-26-15-17-36-30(39-26)38-22-7-3-19(4-8-22)31(33,34)35/h3-18H,2H2,1H3,(H,37,41)(H,36,38,39). The van der Waals surface area contributed by atoms with Gasteiger partial charge in [0.15, 0.2) is 0 Å². The van der Waals surface area contributed by atoms with Crippen molar-refractivity contribution in [1.29, 1.82) is 0 Å². The van der Waals surface area contributed by atoms with Gasteiger partial charge in [0.2, 0.25) is 11.8 Å². The lowest BCUT2D eigenvalue weighted by molar-refractivity contribution is -0.137. The Bertz CT molecular complexity index is 1830. The maximum absolute atomic E-state index is 13.4. The molecule has 2 aromatic heterocycles. The summed E-state index contributed by atoms with van der Waals surface area (Å²) >= 11 is 0. The molecule has 0 saturated heterocycles. The average molecular weight is 606 g/mol. The first-order valence-electron chi connectivity index (χ1n) is 13.1. The summed E-state index contributed by atoms with van der Waals surface area (Å²) in [6.07, 6.45) is -1.58. The highest BCUT2D eigenvalue weighted by Crippen LogP contribution is 2.30. The first-order valence-corrected chi connectivity index (χ1v) is 13.1. The molecule has 9 nitrogen and oxygen atoms in total. The van der Waals surface area contributed by atoms with Crippen LogP contribution in [0.3, 0.4) is 0 Å². The second-order valence-electron chi connectivity index (χ2n) is 9.14. The fourth-order valence-corrected chi connectivity index (χ4v) is 4.06. The maximum Gasteiger partial charge on any atom is 0.416 e. The molecule has 13 heteroatoms. The third kappa shape index (κ3) is 7.01. The van der Waals surface area contributed by atoms with E-state index in [0.29, 0.717) is 22.8 Å². The molecule has 0 bridgehead atoms. The Morgan fingerprint density at radius 1 is 0.909 bits per heavy atom. The van der Waals surface area contributed by atoms with Gasteiger partial charge in [0, 0.05) is 35.5 Å². The lowest BCUT2D eigenvalue weighted by atomic mass is 10.2. The minimum atomic E-state index is -4.44. The highest BCUT2D eigenvalue weighted by molar-refractivity contribution is 6.06. The first kappa shape index (κ1) is 29.8. The largest absolute Gasteiger partial charge is 0.493 e. The molecule has 2 heterocycles. The van der Waals surface area contributed by atoms with E-state index < -0.39 is 29.0 Å². The van der Waals surface area contributed by atoms with Crippen molar-refractivity contribution in [2.75, 3.05) is 17.2 Å². The van der Waals surface area contributed by atoms with Crippen molar-refractivity contribution >= 4 is 23.2 Å². The van der Waals surface area contributed by atoms with Gasteiger partial charge in [0.25, 0.3) is 11.5 Å². The Kier molecular flexibility index (Phi) is 8.56. The van der Waals surface area contributed by atoms with E-state index in [1.54, 1.807) is 31.2 Å². The van der Waals surface area contributed by atoms with Crippen LogP contribution in [-0.4, -0.2) is 27.0 Å². The van der Waals surface area contributed by atoms with Gasteiger partial charge >= 0.3 is 6.18 Å². The Morgan fingerprint density at radius 2 is 1.59 bits per heavy atom. The zero-order valence-electron chi connectivity index (χ0n) is 22.9. The molecule has 0 radical (unpaired) electrons. The summed E-state index contributed by atoms with van der Waals surface area (Å²) in [5.41, 5.74) is -0.574. The molecule has 0 saturated carbocycles. The number of nitrogens with one attached hydrogen (secondary N) is 2. The highest BCUT2D eigenvalue weighted by atomic mass is 19.4. The molecule has 0 aliphatic carbocycles. The lowest BCUT2D eigenvalue weighted by Gasteiger charge is -2.14. The number of nitrogens with zero attached hydrogens (tertiary/aromatic N) is 3. The summed E-state index contributed by atoms with van der Waals surface area (Å²) in [7, 11) is 0. The van der Waals surface area contributed by atoms with Crippen molar-refractivity contribution in [3.63, 3.8) is 0 Å². The van der Waals surface area contributed by atoms with Crippen LogP contribution in [0.4, 0.5) is 34.9 Å². The monoisotopic (exact) mass is 605 g/mol. The number of amides is 1. The Morgan fingerprint density at radius 3 is 2.25 bits per heavy atom. The molecule has 0 spiro atoms. The lowest BCUT2D eigenvalue weighted by Crippen LogP contribution is -2.29. The quantitative estimate of drug-likeness (QED) is 0.175. The van der Waals surface area contributed by atoms with Crippen molar-refractivity contribution in [1.82, 2.24) is 14.5 Å². The van der Waals surface area contributed by atoms with E-state index in [2.05, 4.69) is 20.6 Å². The van der Waals surface area contributed by atoms with Gasteiger partial charge in [-0.15, -0.1) is 0 Å². The Balaban J connectivity index is 1.28. The van der Waals surface area contributed by atoms with Crippen molar-refractivity contribution in [2.45, 2.75) is 13.1 Å². The van der Waals surface area contributed by atoms with Crippen LogP contribution < -0.4 is 25.7 Å². The molecule has 1 amide bonds. The van der Waals surface area contributed by atoms with Gasteiger partial charge in [-0.1, -0.05) is 0 Å². The molecule has 0 fully saturated rings. The normalized spacial score (nSPS) is 11.1. The topological polar surface area (TPSA) is 107 Å². The predicted octanol–water partition coefficient (Wildman–Crippen LogP) is 6.97. The number of halogens is 4. The number of anilines is 3. The minimum absolute atomic E-state index is 0.0952. The zero-order valence-corrected chi connectivity index (χ0v) is 22.9. The Hall–Kier alpha value is -5.72. The van der Waals surface area contributed by atoms with Crippen LogP contribution in [0.2, 0.25) is 0 Å². The molecule has 0 atom stereocenters. The molecular formula is C31H23F4N5O4. The van der Waals surface area contributed by atoms with Crippen molar-refractivity contribution < 1.29 is 31.8 Å². The van der Waals surface area contributed by atoms with Crippen LogP contribution in [0.15, 0.2) is 102 Å². The van der Waals surface area contributed by atoms with Gasteiger partial charge in [-0.3, -0.25) is 14.2 Å². The fourth-order valence-electron chi connectivity index (χ4n) is 4.06. The van der Waals surface area contributed by atoms with Gasteiger partial charge in [-0.05, 0) is 85.8 Å². The summed E-state index contributed by atoms with van der Waals surface area (Å²) in [6.45, 7) is 1.94. The number of hydrogen-bond donors (Lipinski definition) is 2. The molecule has 0 aliphatic heterocycles. The Labute approximate surface area is 247 Å². The molecule has 5 rings (SSSR count). The smallest absolute Gasteiger partial charge is 0.416 e. The number of ether oxygens (including phenoxy) is 2. The first-order chi connectivity index (χ1) is 21.1. The SMILES string of the molecule is CCOc1ccn(-c2ccc(F)cc2)c(=O)c1C(=O)Nc1ccc(Oc2ccnc(Nc3ccc(C(F)(F)F)cc3)n2)cc1. The van der Waals surface area contributed by atoms with Crippen LogP contribution >= 0.6 is 0 Å². The summed E-state index contributed by atoms with van der Waals surface area (Å²) in [5.74, 6) is -0.469. The van der Waals surface area contributed by atoms with E-state index in [1.807, 2.05) is 0 Å².